The Morgan fingerprint density at radius 2 is 2.54 bits per heavy atom. The maximum Gasteiger partial charge on any atom is 0.120 e. The van der Waals surface area contributed by atoms with E-state index in [1.807, 2.05) is 17.8 Å². The summed E-state index contributed by atoms with van der Waals surface area (Å²) in [5.74, 6) is 2.09. The Balaban J connectivity index is 2.33. The Morgan fingerprint density at radius 1 is 1.77 bits per heavy atom. The first kappa shape index (κ1) is 9.09. The van der Waals surface area contributed by atoms with Crippen molar-refractivity contribution in [2.24, 2.45) is 13.0 Å². The lowest BCUT2D eigenvalue weighted by Gasteiger charge is -2.24. The van der Waals surface area contributed by atoms with Crippen LogP contribution in [0.25, 0.3) is 0 Å². The molecule has 2 atom stereocenters. The molecule has 0 aromatic carbocycles. The lowest BCUT2D eigenvalue weighted by atomic mass is 9.90. The Hall–Kier alpha value is -0.480. The Morgan fingerprint density at radius 3 is 3.00 bits per heavy atom. The van der Waals surface area contributed by atoms with Gasteiger partial charge in [-0.2, -0.15) is 11.8 Å². The van der Waals surface area contributed by atoms with Crippen molar-refractivity contribution in [1.82, 2.24) is 9.55 Å². The van der Waals surface area contributed by atoms with Gasteiger partial charge in [0.15, 0.2) is 0 Å². The van der Waals surface area contributed by atoms with Crippen LogP contribution in [-0.4, -0.2) is 26.2 Å². The van der Waals surface area contributed by atoms with Gasteiger partial charge in [0.1, 0.15) is 5.60 Å². The molecule has 1 saturated heterocycles. The van der Waals surface area contributed by atoms with Crippen molar-refractivity contribution >= 4 is 11.8 Å². The van der Waals surface area contributed by atoms with Gasteiger partial charge in [-0.1, -0.05) is 6.92 Å². The van der Waals surface area contributed by atoms with Crippen molar-refractivity contribution in [3.63, 3.8) is 0 Å². The lowest BCUT2D eigenvalue weighted by molar-refractivity contribution is 0.0195. The highest BCUT2D eigenvalue weighted by Crippen LogP contribution is 2.40. The molecule has 0 spiro atoms. The normalized spacial score (nSPS) is 33.9. The first-order valence-corrected chi connectivity index (χ1v) is 5.57. The topological polar surface area (TPSA) is 38.0 Å². The van der Waals surface area contributed by atoms with Gasteiger partial charge in [0, 0.05) is 24.9 Å². The lowest BCUT2D eigenvalue weighted by Crippen LogP contribution is -2.32. The molecule has 0 radical (unpaired) electrons. The third-order valence-electron chi connectivity index (χ3n) is 2.65. The number of aliphatic hydroxyl groups is 1. The van der Waals surface area contributed by atoms with Gasteiger partial charge in [0.25, 0.3) is 0 Å². The maximum absolute atomic E-state index is 10.3. The average Bonchev–Trinajstić information content (AvgIpc) is 2.62. The van der Waals surface area contributed by atoms with Crippen LogP contribution in [0.1, 0.15) is 12.6 Å². The summed E-state index contributed by atoms with van der Waals surface area (Å²) >= 11 is 1.79. The van der Waals surface area contributed by atoms with Gasteiger partial charge in [0.05, 0.1) is 12.0 Å². The smallest absolute Gasteiger partial charge is 0.120 e. The Bertz CT molecular complexity index is 312. The number of nitrogens with zero attached hydrogens (tertiary/aromatic N) is 2. The van der Waals surface area contributed by atoms with Crippen LogP contribution in [-0.2, 0) is 12.6 Å². The van der Waals surface area contributed by atoms with Crippen LogP contribution in [0.5, 0.6) is 0 Å². The second kappa shape index (κ2) is 3.03. The molecule has 1 fully saturated rings. The number of rotatable bonds is 1. The largest absolute Gasteiger partial charge is 0.382 e. The minimum absolute atomic E-state index is 0.299. The summed E-state index contributed by atoms with van der Waals surface area (Å²) in [6.45, 7) is 2.08. The van der Waals surface area contributed by atoms with Crippen LogP contribution in [0.15, 0.2) is 12.5 Å². The van der Waals surface area contributed by atoms with Gasteiger partial charge in [0.2, 0.25) is 0 Å². The van der Waals surface area contributed by atoms with Crippen LogP contribution in [0.2, 0.25) is 0 Å². The van der Waals surface area contributed by atoms with Crippen LogP contribution in [0, 0.1) is 5.92 Å². The summed E-state index contributed by atoms with van der Waals surface area (Å²) in [5.41, 5.74) is 0.110. The number of imidazole rings is 1. The molecule has 0 amide bonds. The third kappa shape index (κ3) is 1.38. The van der Waals surface area contributed by atoms with E-state index >= 15 is 0 Å². The molecule has 0 saturated carbocycles. The predicted molar refractivity (Wildman–Crippen MR) is 53.6 cm³/mol. The minimum atomic E-state index is -0.702. The number of hydrogen-bond acceptors (Lipinski definition) is 3. The van der Waals surface area contributed by atoms with Crippen molar-refractivity contribution in [3.8, 4) is 0 Å². The van der Waals surface area contributed by atoms with Crippen LogP contribution in [0.3, 0.4) is 0 Å². The van der Waals surface area contributed by atoms with Gasteiger partial charge in [-0.05, 0) is 5.75 Å². The minimum Gasteiger partial charge on any atom is -0.382 e. The van der Waals surface area contributed by atoms with Gasteiger partial charge < -0.3 is 9.67 Å². The van der Waals surface area contributed by atoms with E-state index in [4.69, 9.17) is 0 Å². The molecule has 13 heavy (non-hydrogen) atoms. The first-order chi connectivity index (χ1) is 6.13. The number of aryl methyl sites for hydroxylation is 1. The summed E-state index contributed by atoms with van der Waals surface area (Å²) in [5, 5.41) is 10.3. The van der Waals surface area contributed by atoms with Crippen molar-refractivity contribution in [2.45, 2.75) is 12.5 Å². The second-order valence-electron chi connectivity index (χ2n) is 3.76. The molecule has 1 aromatic heterocycles. The summed E-state index contributed by atoms with van der Waals surface area (Å²) in [6, 6.07) is 0. The molecule has 3 nitrogen and oxygen atoms in total. The van der Waals surface area contributed by atoms with E-state index in [0.29, 0.717) is 5.92 Å². The van der Waals surface area contributed by atoms with Crippen molar-refractivity contribution in [1.29, 1.82) is 0 Å². The second-order valence-corrected chi connectivity index (χ2v) is 4.80. The van der Waals surface area contributed by atoms with E-state index in [2.05, 4.69) is 11.9 Å². The quantitative estimate of drug-likeness (QED) is 0.731. The van der Waals surface area contributed by atoms with Crippen LogP contribution < -0.4 is 0 Å². The number of thioether (sulfide) groups is 1. The monoisotopic (exact) mass is 198 g/mol. The number of aromatic nitrogens is 2. The van der Waals surface area contributed by atoms with Crippen molar-refractivity contribution < 1.29 is 5.11 Å². The Kier molecular flexibility index (Phi) is 2.12. The molecule has 4 heteroatoms. The van der Waals surface area contributed by atoms with E-state index in [9.17, 15) is 5.11 Å². The fourth-order valence-corrected chi connectivity index (χ4v) is 3.12. The van der Waals surface area contributed by atoms with Gasteiger partial charge >= 0.3 is 0 Å². The molecule has 0 bridgehead atoms. The van der Waals surface area contributed by atoms with E-state index in [-0.39, 0.29) is 0 Å². The van der Waals surface area contributed by atoms with Crippen molar-refractivity contribution in [2.75, 3.05) is 11.5 Å². The highest BCUT2D eigenvalue weighted by atomic mass is 32.2. The van der Waals surface area contributed by atoms with E-state index in [1.165, 1.54) is 0 Å². The summed E-state index contributed by atoms with van der Waals surface area (Å²) < 4.78 is 1.88. The van der Waals surface area contributed by atoms with Crippen LogP contribution in [0.4, 0.5) is 0 Å². The van der Waals surface area contributed by atoms with Gasteiger partial charge in [-0.15, -0.1) is 0 Å². The molecular formula is C9H14N2OS. The third-order valence-corrected chi connectivity index (χ3v) is 4.03. The van der Waals surface area contributed by atoms with E-state index < -0.39 is 5.60 Å². The SMILES string of the molecule is CC1CSCC1(O)c1cn(C)cn1. The fraction of sp³-hybridized carbons (Fsp3) is 0.667. The van der Waals surface area contributed by atoms with Gasteiger partial charge in [-0.3, -0.25) is 0 Å². The van der Waals surface area contributed by atoms with Gasteiger partial charge in [-0.25, -0.2) is 4.98 Å². The zero-order valence-electron chi connectivity index (χ0n) is 7.90. The molecule has 0 aliphatic carbocycles. The first-order valence-electron chi connectivity index (χ1n) is 4.41. The summed E-state index contributed by atoms with van der Waals surface area (Å²) in [4.78, 5) is 4.22. The highest BCUT2D eigenvalue weighted by Gasteiger charge is 2.42. The molecule has 1 aliphatic rings. The fourth-order valence-electron chi connectivity index (χ4n) is 1.63. The standard InChI is InChI=1S/C9H14N2OS/c1-7-4-13-5-9(7,12)8-3-11(2)6-10-8/h3,6-7,12H,4-5H2,1-2H3. The molecule has 1 N–H and O–H groups in total. The molecule has 1 aliphatic heterocycles. The molecule has 2 heterocycles. The number of hydrogen-bond donors (Lipinski definition) is 1. The van der Waals surface area contributed by atoms with Crippen LogP contribution >= 0.6 is 11.8 Å². The average molecular weight is 198 g/mol. The van der Waals surface area contributed by atoms with Crippen molar-refractivity contribution in [3.05, 3.63) is 18.2 Å². The molecule has 2 unspecified atom stereocenters. The molecule has 2 rings (SSSR count). The zero-order chi connectivity index (χ0) is 9.47. The molecule has 72 valence electrons. The zero-order valence-corrected chi connectivity index (χ0v) is 8.71. The predicted octanol–water partition coefficient (Wildman–Crippen LogP) is 0.991. The summed E-state index contributed by atoms with van der Waals surface area (Å²) in [7, 11) is 1.92. The highest BCUT2D eigenvalue weighted by molar-refractivity contribution is 7.99. The summed E-state index contributed by atoms with van der Waals surface area (Å²) in [6.07, 6.45) is 3.64. The molecular weight excluding hydrogens is 184 g/mol. The van der Waals surface area contributed by atoms with E-state index in [1.54, 1.807) is 18.1 Å². The molecule has 1 aromatic rings. The maximum atomic E-state index is 10.3. The van der Waals surface area contributed by atoms with E-state index in [0.717, 1.165) is 17.2 Å². The Labute approximate surface area is 82.2 Å².